The first kappa shape index (κ1) is 15.7. The second-order valence-electron chi connectivity index (χ2n) is 4.34. The highest BCUT2D eigenvalue weighted by atomic mass is 79.9. The van der Waals surface area contributed by atoms with Crippen LogP contribution in [0.5, 0.6) is 5.75 Å². The zero-order valence-electron chi connectivity index (χ0n) is 11.0. The van der Waals surface area contributed by atoms with Crippen LogP contribution in [0.1, 0.15) is 21.5 Å². The van der Waals surface area contributed by atoms with E-state index >= 15 is 0 Å². The summed E-state index contributed by atoms with van der Waals surface area (Å²) in [6.45, 7) is 1.70. The van der Waals surface area contributed by atoms with Crippen LogP contribution < -0.4 is 0 Å². The van der Waals surface area contributed by atoms with E-state index in [1.54, 1.807) is 31.2 Å². The lowest BCUT2D eigenvalue weighted by Gasteiger charge is -2.05. The fraction of sp³-hybridized carbons (Fsp3) is 0.0667. The zero-order chi connectivity index (χ0) is 15.6. The molecule has 2 aromatic carbocycles. The molecule has 21 heavy (non-hydrogen) atoms. The molecule has 0 aliphatic heterocycles. The molecule has 0 aliphatic rings. The third-order valence-electron chi connectivity index (χ3n) is 2.94. The SMILES string of the molecule is Cc1c(/N=C/c2cc(Br)cc(Br)c2O)cccc1C(=O)O. The van der Waals surface area contributed by atoms with Gasteiger partial charge in [0.1, 0.15) is 5.75 Å². The standard InChI is InChI=1S/C15H11Br2NO3/c1-8-11(15(20)21)3-2-4-13(8)18-7-9-5-10(16)6-12(17)14(9)19/h2-7,19H,1H3,(H,20,21)/b18-7+. The Balaban J connectivity index is 2.43. The van der Waals surface area contributed by atoms with Crippen molar-refractivity contribution < 1.29 is 15.0 Å². The molecule has 0 bridgehead atoms. The van der Waals surface area contributed by atoms with Crippen molar-refractivity contribution in [2.45, 2.75) is 6.92 Å². The third-order valence-corrected chi connectivity index (χ3v) is 4.00. The van der Waals surface area contributed by atoms with Gasteiger partial charge in [-0.1, -0.05) is 22.0 Å². The molecule has 0 saturated carbocycles. The van der Waals surface area contributed by atoms with Gasteiger partial charge in [0.2, 0.25) is 0 Å². The molecule has 0 spiro atoms. The zero-order valence-corrected chi connectivity index (χ0v) is 14.1. The summed E-state index contributed by atoms with van der Waals surface area (Å²) in [7, 11) is 0. The number of phenols is 1. The predicted molar refractivity (Wildman–Crippen MR) is 88.9 cm³/mol. The summed E-state index contributed by atoms with van der Waals surface area (Å²) in [5.74, 6) is -0.911. The number of aliphatic imine (C=N–C) groups is 1. The summed E-state index contributed by atoms with van der Waals surface area (Å²) in [4.78, 5) is 15.4. The summed E-state index contributed by atoms with van der Waals surface area (Å²) in [6, 6.07) is 8.34. The minimum atomic E-state index is -0.988. The molecule has 0 amide bonds. The largest absolute Gasteiger partial charge is 0.506 e. The molecule has 0 aliphatic carbocycles. The molecular weight excluding hydrogens is 402 g/mol. The van der Waals surface area contributed by atoms with Gasteiger partial charge in [-0.15, -0.1) is 0 Å². The average molecular weight is 413 g/mol. The van der Waals surface area contributed by atoms with Crippen LogP contribution in [0.3, 0.4) is 0 Å². The second-order valence-corrected chi connectivity index (χ2v) is 6.11. The van der Waals surface area contributed by atoms with Crippen molar-refractivity contribution in [2.75, 3.05) is 0 Å². The minimum Gasteiger partial charge on any atom is -0.506 e. The third kappa shape index (κ3) is 3.51. The minimum absolute atomic E-state index is 0.0778. The van der Waals surface area contributed by atoms with Gasteiger partial charge in [0, 0.05) is 16.3 Å². The highest BCUT2D eigenvalue weighted by Crippen LogP contribution is 2.31. The maximum absolute atomic E-state index is 11.1. The number of halogens is 2. The van der Waals surface area contributed by atoms with Gasteiger partial charge in [-0.2, -0.15) is 0 Å². The number of hydrogen-bond donors (Lipinski definition) is 2. The predicted octanol–water partition coefficient (Wildman–Crippen LogP) is 4.67. The molecule has 2 rings (SSSR count). The van der Waals surface area contributed by atoms with E-state index in [1.165, 1.54) is 12.3 Å². The topological polar surface area (TPSA) is 69.9 Å². The molecule has 0 heterocycles. The van der Waals surface area contributed by atoms with Gasteiger partial charge in [-0.3, -0.25) is 4.99 Å². The molecule has 0 fully saturated rings. The van der Waals surface area contributed by atoms with E-state index in [9.17, 15) is 9.90 Å². The first-order valence-electron chi connectivity index (χ1n) is 5.95. The van der Waals surface area contributed by atoms with Crippen molar-refractivity contribution in [3.63, 3.8) is 0 Å². The lowest BCUT2D eigenvalue weighted by atomic mass is 10.1. The number of carboxylic acid groups (broad SMARTS) is 1. The Morgan fingerprint density at radius 3 is 2.67 bits per heavy atom. The van der Waals surface area contributed by atoms with Gasteiger partial charge in [0.05, 0.1) is 15.7 Å². The summed E-state index contributed by atoms with van der Waals surface area (Å²) in [6.07, 6.45) is 1.50. The number of carboxylic acids is 1. The molecule has 0 atom stereocenters. The number of rotatable bonds is 3. The van der Waals surface area contributed by atoms with Crippen molar-refractivity contribution in [2.24, 2.45) is 4.99 Å². The number of carbonyl (C=O) groups is 1. The van der Waals surface area contributed by atoms with Gasteiger partial charge in [0.15, 0.2) is 0 Å². The van der Waals surface area contributed by atoms with Gasteiger partial charge in [0.25, 0.3) is 0 Å². The first-order chi connectivity index (χ1) is 9.90. The number of hydrogen-bond acceptors (Lipinski definition) is 3. The van der Waals surface area contributed by atoms with E-state index in [2.05, 4.69) is 36.9 Å². The van der Waals surface area contributed by atoms with Crippen LogP contribution >= 0.6 is 31.9 Å². The Labute approximate surface area is 138 Å². The van der Waals surface area contributed by atoms with Crippen LogP contribution in [0.4, 0.5) is 5.69 Å². The van der Waals surface area contributed by atoms with E-state index < -0.39 is 5.97 Å². The highest BCUT2D eigenvalue weighted by molar-refractivity contribution is 9.11. The van der Waals surface area contributed by atoms with Crippen molar-refractivity contribution >= 4 is 49.7 Å². The summed E-state index contributed by atoms with van der Waals surface area (Å²) in [5, 5.41) is 19.0. The normalized spacial score (nSPS) is 11.0. The monoisotopic (exact) mass is 411 g/mol. The Hall–Kier alpha value is -1.66. The Morgan fingerprint density at radius 1 is 1.29 bits per heavy atom. The number of phenolic OH excluding ortho intramolecular Hbond substituents is 1. The smallest absolute Gasteiger partial charge is 0.336 e. The van der Waals surface area contributed by atoms with E-state index in [0.29, 0.717) is 21.3 Å². The van der Waals surface area contributed by atoms with E-state index in [4.69, 9.17) is 5.11 Å². The quantitative estimate of drug-likeness (QED) is 0.719. The molecule has 6 heteroatoms. The lowest BCUT2D eigenvalue weighted by Crippen LogP contribution is -1.99. The van der Waals surface area contributed by atoms with Crippen molar-refractivity contribution in [1.29, 1.82) is 0 Å². The number of aromatic carboxylic acids is 1. The van der Waals surface area contributed by atoms with Gasteiger partial charge in [-0.05, 0) is 52.7 Å². The molecule has 0 radical (unpaired) electrons. The number of nitrogens with zero attached hydrogens (tertiary/aromatic N) is 1. The van der Waals surface area contributed by atoms with Crippen LogP contribution in [-0.4, -0.2) is 22.4 Å². The van der Waals surface area contributed by atoms with E-state index in [1.807, 2.05) is 0 Å². The molecule has 0 unspecified atom stereocenters. The fourth-order valence-corrected chi connectivity index (χ4v) is 3.08. The lowest BCUT2D eigenvalue weighted by molar-refractivity contribution is 0.0696. The molecule has 108 valence electrons. The van der Waals surface area contributed by atoms with E-state index in [-0.39, 0.29) is 11.3 Å². The number of benzene rings is 2. The molecule has 4 nitrogen and oxygen atoms in total. The van der Waals surface area contributed by atoms with Crippen LogP contribution in [0.15, 0.2) is 44.3 Å². The van der Waals surface area contributed by atoms with Gasteiger partial charge >= 0.3 is 5.97 Å². The summed E-state index contributed by atoms with van der Waals surface area (Å²) < 4.78 is 1.35. The van der Waals surface area contributed by atoms with Crippen LogP contribution in [0.2, 0.25) is 0 Å². The molecule has 0 aromatic heterocycles. The molecular formula is C15H11Br2NO3. The summed E-state index contributed by atoms with van der Waals surface area (Å²) >= 11 is 6.59. The maximum atomic E-state index is 11.1. The Bertz CT molecular complexity index is 742. The van der Waals surface area contributed by atoms with Gasteiger partial charge < -0.3 is 10.2 Å². The average Bonchev–Trinajstić information content (AvgIpc) is 2.42. The van der Waals surface area contributed by atoms with Crippen LogP contribution in [0, 0.1) is 6.92 Å². The first-order valence-corrected chi connectivity index (χ1v) is 7.53. The van der Waals surface area contributed by atoms with Crippen molar-refractivity contribution in [1.82, 2.24) is 0 Å². The molecule has 2 N–H and O–H groups in total. The second kappa shape index (κ2) is 6.41. The Morgan fingerprint density at radius 2 is 2.00 bits per heavy atom. The summed E-state index contributed by atoms with van der Waals surface area (Å²) in [5.41, 5.74) is 1.86. The van der Waals surface area contributed by atoms with Crippen LogP contribution in [-0.2, 0) is 0 Å². The maximum Gasteiger partial charge on any atom is 0.336 e. The molecule has 2 aromatic rings. The highest BCUT2D eigenvalue weighted by Gasteiger charge is 2.10. The van der Waals surface area contributed by atoms with Crippen molar-refractivity contribution in [3.8, 4) is 5.75 Å². The van der Waals surface area contributed by atoms with Gasteiger partial charge in [-0.25, -0.2) is 4.79 Å². The Kier molecular flexibility index (Phi) is 4.80. The van der Waals surface area contributed by atoms with Crippen molar-refractivity contribution in [3.05, 3.63) is 56.0 Å². The fourth-order valence-electron chi connectivity index (χ4n) is 1.82. The van der Waals surface area contributed by atoms with E-state index in [0.717, 1.165) is 4.47 Å². The van der Waals surface area contributed by atoms with Crippen LogP contribution in [0.25, 0.3) is 0 Å². The number of aromatic hydroxyl groups is 1. The molecule has 0 saturated heterocycles.